The third-order valence-electron chi connectivity index (χ3n) is 15.3. The number of hydrogen-bond acceptors (Lipinski definition) is 2. The van der Waals surface area contributed by atoms with E-state index in [-0.39, 0.29) is 11.8 Å². The van der Waals surface area contributed by atoms with Crippen LogP contribution in [0.2, 0.25) is 0 Å². The van der Waals surface area contributed by atoms with Crippen LogP contribution in [0.4, 0.5) is 0 Å². The Hall–Kier alpha value is -1.06. The molecule has 0 aliphatic rings. The maximum atomic E-state index is 12.2. The minimum atomic E-state index is 0.229. The second kappa shape index (κ2) is 62.1. The first-order chi connectivity index (χ1) is 33.7. The fourth-order valence-electron chi connectivity index (χ4n) is 10.4. The first-order valence-corrected chi connectivity index (χ1v) is 32.2. The van der Waals surface area contributed by atoms with Crippen LogP contribution in [0.3, 0.4) is 0 Å². The van der Waals surface area contributed by atoms with E-state index in [0.717, 1.165) is 51.6 Å². The summed E-state index contributed by atoms with van der Waals surface area (Å²) in [5.41, 5.74) is 0. The van der Waals surface area contributed by atoms with Gasteiger partial charge >= 0.3 is 0 Å². The molecule has 0 aliphatic carbocycles. The van der Waals surface area contributed by atoms with Crippen molar-refractivity contribution in [3.63, 3.8) is 0 Å². The molecule has 0 saturated heterocycles. The van der Waals surface area contributed by atoms with E-state index >= 15 is 0 Å². The predicted molar refractivity (Wildman–Crippen MR) is 305 cm³/mol. The summed E-state index contributed by atoms with van der Waals surface area (Å²) in [4.78, 5) is 24.5. The number of carbonyl (C=O) groups excluding carboxylic acids is 2. The molecule has 0 spiro atoms. The number of carbonyl (C=O) groups is 2. The predicted octanol–water partition coefficient (Wildman–Crippen LogP) is 21.9. The van der Waals surface area contributed by atoms with E-state index in [0.29, 0.717) is 12.8 Å². The van der Waals surface area contributed by atoms with Crippen molar-refractivity contribution in [1.82, 2.24) is 10.6 Å². The number of hydrogen-bond donors (Lipinski definition) is 2. The van der Waals surface area contributed by atoms with Crippen molar-refractivity contribution in [2.24, 2.45) is 0 Å². The topological polar surface area (TPSA) is 58.2 Å². The Bertz CT molecular complexity index is 863. The zero-order valence-corrected chi connectivity index (χ0v) is 47.2. The maximum Gasteiger partial charge on any atom is 0.219 e. The van der Waals surface area contributed by atoms with E-state index in [1.165, 1.54) is 321 Å². The molecule has 406 valence electrons. The smallest absolute Gasteiger partial charge is 0.219 e. The fraction of sp³-hybridized carbons (Fsp3) is 0.969. The van der Waals surface area contributed by atoms with Gasteiger partial charge in [0.25, 0.3) is 0 Å². The van der Waals surface area contributed by atoms with Gasteiger partial charge in [-0.05, 0) is 25.7 Å². The lowest BCUT2D eigenvalue weighted by Crippen LogP contribution is -2.24. The van der Waals surface area contributed by atoms with Crippen LogP contribution < -0.4 is 10.6 Å². The quantitative estimate of drug-likeness (QED) is 0.0597. The summed E-state index contributed by atoms with van der Waals surface area (Å²) in [6.07, 6.45) is 79.0. The molecule has 4 heteroatoms. The lowest BCUT2D eigenvalue weighted by atomic mass is 10.0. The van der Waals surface area contributed by atoms with E-state index in [1.807, 2.05) is 0 Å². The highest BCUT2D eigenvalue weighted by Crippen LogP contribution is 2.19. The van der Waals surface area contributed by atoms with Crippen molar-refractivity contribution in [1.29, 1.82) is 0 Å². The number of nitrogens with one attached hydrogen (secondary N) is 2. The molecular formula is C64H128N2O2. The Morgan fingerprint density at radius 3 is 0.485 bits per heavy atom. The molecule has 0 rings (SSSR count). The van der Waals surface area contributed by atoms with Crippen LogP contribution in [-0.4, -0.2) is 24.9 Å². The molecule has 2 amide bonds. The van der Waals surface area contributed by atoms with Crippen LogP contribution in [0.15, 0.2) is 0 Å². The molecule has 68 heavy (non-hydrogen) atoms. The molecule has 0 saturated carbocycles. The summed E-state index contributed by atoms with van der Waals surface area (Å²) < 4.78 is 0. The summed E-state index contributed by atoms with van der Waals surface area (Å²) in [7, 11) is 0. The molecule has 0 atom stereocenters. The second-order valence-electron chi connectivity index (χ2n) is 22.3. The second-order valence-corrected chi connectivity index (χ2v) is 22.3. The molecule has 0 radical (unpaired) electrons. The van der Waals surface area contributed by atoms with Gasteiger partial charge in [-0.25, -0.2) is 0 Å². The highest BCUT2D eigenvalue weighted by Gasteiger charge is 2.04. The molecule has 2 N–H and O–H groups in total. The molecule has 4 nitrogen and oxygen atoms in total. The van der Waals surface area contributed by atoms with Gasteiger partial charge in [-0.15, -0.1) is 0 Å². The highest BCUT2D eigenvalue weighted by atomic mass is 16.2. The van der Waals surface area contributed by atoms with E-state index in [2.05, 4.69) is 24.5 Å². The van der Waals surface area contributed by atoms with Crippen LogP contribution in [0, 0.1) is 0 Å². The zero-order chi connectivity index (χ0) is 49.0. The minimum Gasteiger partial charge on any atom is -0.356 e. The summed E-state index contributed by atoms with van der Waals surface area (Å²) in [5, 5.41) is 6.25. The molecule has 0 unspecified atom stereocenters. The first-order valence-electron chi connectivity index (χ1n) is 32.2. The number of unbranched alkanes of at least 4 members (excludes halogenated alkanes) is 53. The van der Waals surface area contributed by atoms with Crippen LogP contribution in [-0.2, 0) is 9.59 Å². The van der Waals surface area contributed by atoms with E-state index < -0.39 is 0 Å². The first kappa shape index (κ1) is 66.9. The normalized spacial score (nSPS) is 11.5. The van der Waals surface area contributed by atoms with Crippen molar-refractivity contribution < 1.29 is 9.59 Å². The monoisotopic (exact) mass is 957 g/mol. The van der Waals surface area contributed by atoms with Crippen molar-refractivity contribution in [2.45, 2.75) is 386 Å². The third kappa shape index (κ3) is 61.1. The average Bonchev–Trinajstić information content (AvgIpc) is 3.34. The molecule has 0 fully saturated rings. The third-order valence-corrected chi connectivity index (χ3v) is 15.3. The van der Waals surface area contributed by atoms with Gasteiger partial charge in [-0.1, -0.05) is 348 Å². The molecule has 0 aromatic carbocycles. The van der Waals surface area contributed by atoms with Crippen LogP contribution in [0.5, 0.6) is 0 Å². The Labute approximate surface area is 429 Å². The van der Waals surface area contributed by atoms with Gasteiger partial charge in [0.15, 0.2) is 0 Å². The van der Waals surface area contributed by atoms with Crippen molar-refractivity contribution in [2.75, 3.05) is 13.1 Å². The van der Waals surface area contributed by atoms with Gasteiger partial charge in [-0.2, -0.15) is 0 Å². The molecule has 0 aliphatic heterocycles. The molecular weight excluding hydrogens is 829 g/mol. The number of rotatable bonds is 61. The van der Waals surface area contributed by atoms with Gasteiger partial charge in [0, 0.05) is 25.9 Å². The Morgan fingerprint density at radius 2 is 0.324 bits per heavy atom. The summed E-state index contributed by atoms with van der Waals surface area (Å²) in [6.45, 7) is 6.20. The standard InChI is InChI=1S/C64H128N2O2/c1-3-5-7-9-11-13-15-17-19-21-23-25-27-29-31-33-35-37-39-41-43-45-47-49-51-55-59-63(67)65-61-57-53-54-58-62-66-64(68)60-56-52-50-48-46-44-42-40-38-36-34-32-30-28-26-24-22-20-18-16-14-12-10-8-6-4-2/h3-62H2,1-2H3,(H,65,67)(H,66,68). The Kier molecular flexibility index (Phi) is 61.1. The average molecular weight is 958 g/mol. The lowest BCUT2D eigenvalue weighted by molar-refractivity contribution is -0.122. The summed E-state index contributed by atoms with van der Waals surface area (Å²) in [6, 6.07) is 0. The lowest BCUT2D eigenvalue weighted by Gasteiger charge is -2.07. The SMILES string of the molecule is CCCCCCCCCCCCCCCCCCCCCCCCCCCCC(=O)NCCCCCCNC(=O)CCCCCCCCCCCCCCCCCCCCCCCCCCCC. The Balaban J connectivity index is 3.21. The van der Waals surface area contributed by atoms with Gasteiger partial charge in [0.1, 0.15) is 0 Å². The van der Waals surface area contributed by atoms with Crippen LogP contribution >= 0.6 is 0 Å². The Morgan fingerprint density at radius 1 is 0.191 bits per heavy atom. The van der Waals surface area contributed by atoms with Crippen LogP contribution in [0.1, 0.15) is 386 Å². The van der Waals surface area contributed by atoms with Gasteiger partial charge in [0.2, 0.25) is 11.8 Å². The van der Waals surface area contributed by atoms with Gasteiger partial charge < -0.3 is 10.6 Å². The summed E-state index contributed by atoms with van der Waals surface area (Å²) >= 11 is 0. The molecule has 0 heterocycles. The van der Waals surface area contributed by atoms with Crippen LogP contribution in [0.25, 0.3) is 0 Å². The minimum absolute atomic E-state index is 0.229. The van der Waals surface area contributed by atoms with Gasteiger partial charge in [0.05, 0.1) is 0 Å². The van der Waals surface area contributed by atoms with E-state index in [4.69, 9.17) is 0 Å². The van der Waals surface area contributed by atoms with Crippen molar-refractivity contribution in [3.8, 4) is 0 Å². The maximum absolute atomic E-state index is 12.2. The zero-order valence-electron chi connectivity index (χ0n) is 47.2. The van der Waals surface area contributed by atoms with Crippen molar-refractivity contribution >= 4 is 11.8 Å². The van der Waals surface area contributed by atoms with Gasteiger partial charge in [-0.3, -0.25) is 9.59 Å². The largest absolute Gasteiger partial charge is 0.356 e. The van der Waals surface area contributed by atoms with Crippen molar-refractivity contribution in [3.05, 3.63) is 0 Å². The molecule has 0 aromatic rings. The van der Waals surface area contributed by atoms with E-state index in [1.54, 1.807) is 0 Å². The highest BCUT2D eigenvalue weighted by molar-refractivity contribution is 5.76. The number of amides is 2. The van der Waals surface area contributed by atoms with E-state index in [9.17, 15) is 9.59 Å². The molecule has 0 bridgehead atoms. The summed E-state index contributed by atoms with van der Waals surface area (Å²) in [5.74, 6) is 0.459. The fourth-order valence-corrected chi connectivity index (χ4v) is 10.4. The molecule has 0 aromatic heterocycles.